The molecule has 1 rings (SSSR count). The van der Waals surface area contributed by atoms with Gasteiger partial charge in [-0.2, -0.15) is 0 Å². The Morgan fingerprint density at radius 2 is 2.18 bits per heavy atom. The number of nitrogens with one attached hydrogen (secondary N) is 1. The van der Waals surface area contributed by atoms with Crippen LogP contribution >= 0.6 is 0 Å². The normalized spacial score (nSPS) is 11.7. The number of nitro groups is 1. The van der Waals surface area contributed by atoms with Gasteiger partial charge in [0.05, 0.1) is 14.1 Å². The van der Waals surface area contributed by atoms with Crippen LogP contribution in [0.15, 0.2) is 12.5 Å². The van der Waals surface area contributed by atoms with Crippen LogP contribution in [0.2, 0.25) is 0 Å². The summed E-state index contributed by atoms with van der Waals surface area (Å²) in [6.45, 7) is 0. The number of quaternary nitrogens is 1. The lowest BCUT2D eigenvalue weighted by atomic mass is 10.5. The van der Waals surface area contributed by atoms with Crippen molar-refractivity contribution in [2.75, 3.05) is 28.2 Å². The summed E-state index contributed by atoms with van der Waals surface area (Å²) in [5.74, 6) is -0.406. The van der Waals surface area contributed by atoms with E-state index in [0.717, 1.165) is 10.6 Å². The van der Waals surface area contributed by atoms with Gasteiger partial charge in [0.1, 0.15) is 20.3 Å². The van der Waals surface area contributed by atoms with Crippen LogP contribution < -0.4 is 4.90 Å². The zero-order valence-corrected chi connectivity index (χ0v) is 10.3. The van der Waals surface area contributed by atoms with Crippen molar-refractivity contribution in [2.45, 2.75) is 0 Å². The highest BCUT2D eigenvalue weighted by Gasteiger charge is 2.17. The van der Waals surface area contributed by atoms with Crippen LogP contribution in [0.1, 0.15) is 0 Å². The monoisotopic (exact) mass is 240 g/mol. The van der Waals surface area contributed by atoms with Gasteiger partial charge in [-0.05, 0) is 4.92 Å². The van der Waals surface area contributed by atoms with Crippen LogP contribution in [0.5, 0.6) is 0 Å². The molecule has 8 nitrogen and oxygen atoms in total. The Morgan fingerprint density at radius 1 is 1.53 bits per heavy atom. The molecule has 92 valence electrons. The number of hydrogen-bond donors (Lipinski definition) is 1. The van der Waals surface area contributed by atoms with Gasteiger partial charge in [0.25, 0.3) is 0 Å². The topological polar surface area (TPSA) is 81.3 Å². The van der Waals surface area contributed by atoms with E-state index in [1.165, 1.54) is 11.0 Å². The van der Waals surface area contributed by atoms with Gasteiger partial charge in [0.2, 0.25) is 6.33 Å². The zero-order chi connectivity index (χ0) is 13.0. The van der Waals surface area contributed by atoms with Crippen LogP contribution in [0.3, 0.4) is 0 Å². The van der Waals surface area contributed by atoms with Crippen molar-refractivity contribution >= 4 is 17.9 Å². The minimum absolute atomic E-state index is 0.406. The SMILES string of the molecule is C[N+](C)=CC(=C[NH+](C)C)n1cnc([N+](=O)[O-])n1. The molecule has 0 aliphatic heterocycles. The van der Waals surface area contributed by atoms with Crippen molar-refractivity contribution < 1.29 is 14.4 Å². The number of nitrogens with zero attached hydrogens (tertiary/aromatic N) is 5. The Morgan fingerprint density at radius 3 is 2.59 bits per heavy atom. The molecule has 0 aromatic carbocycles. The summed E-state index contributed by atoms with van der Waals surface area (Å²) in [6, 6.07) is 0. The molecule has 1 N–H and O–H groups in total. The second-order valence-electron chi connectivity index (χ2n) is 3.99. The number of hydrogen-bond acceptors (Lipinski definition) is 4. The molecule has 1 aromatic heterocycles. The predicted octanol–water partition coefficient (Wildman–Crippen LogP) is -1.53. The van der Waals surface area contributed by atoms with E-state index in [4.69, 9.17) is 0 Å². The maximum Gasteiger partial charge on any atom is 0.491 e. The highest BCUT2D eigenvalue weighted by atomic mass is 16.6. The molecule has 0 saturated carbocycles. The molecule has 0 amide bonds. The van der Waals surface area contributed by atoms with Gasteiger partial charge in [-0.3, -0.25) is 0 Å². The van der Waals surface area contributed by atoms with Gasteiger partial charge in [-0.15, -0.1) is 4.68 Å². The molecule has 0 radical (unpaired) electrons. The first-order valence-electron chi connectivity index (χ1n) is 4.99. The van der Waals surface area contributed by atoms with Crippen molar-refractivity contribution in [1.29, 1.82) is 0 Å². The summed E-state index contributed by atoms with van der Waals surface area (Å²) in [4.78, 5) is 14.6. The van der Waals surface area contributed by atoms with Crippen LogP contribution in [0.4, 0.5) is 5.95 Å². The van der Waals surface area contributed by atoms with E-state index in [9.17, 15) is 10.1 Å². The Bertz CT molecular complexity index is 470. The van der Waals surface area contributed by atoms with Crippen LogP contribution in [-0.4, -0.2) is 58.7 Å². The van der Waals surface area contributed by atoms with Gasteiger partial charge in [0.15, 0.2) is 11.9 Å². The van der Waals surface area contributed by atoms with Gasteiger partial charge >= 0.3 is 5.95 Å². The summed E-state index contributed by atoms with van der Waals surface area (Å²) in [5, 5.41) is 14.3. The first kappa shape index (κ1) is 13.0. The molecule has 8 heteroatoms. The van der Waals surface area contributed by atoms with Crippen LogP contribution in [-0.2, 0) is 0 Å². The predicted molar refractivity (Wildman–Crippen MR) is 61.9 cm³/mol. The third kappa shape index (κ3) is 3.76. The lowest BCUT2D eigenvalue weighted by molar-refractivity contribution is -0.800. The van der Waals surface area contributed by atoms with E-state index < -0.39 is 10.9 Å². The third-order valence-electron chi connectivity index (χ3n) is 1.73. The lowest BCUT2D eigenvalue weighted by Crippen LogP contribution is -3.00. The average Bonchev–Trinajstić information content (AvgIpc) is 2.63. The molecule has 0 unspecified atom stereocenters. The maximum atomic E-state index is 10.5. The number of rotatable bonds is 4. The Labute approximate surface area is 98.6 Å². The van der Waals surface area contributed by atoms with Crippen LogP contribution in [0, 0.1) is 10.1 Å². The van der Waals surface area contributed by atoms with Crippen LogP contribution in [0.25, 0.3) is 5.70 Å². The average molecular weight is 240 g/mol. The molecule has 17 heavy (non-hydrogen) atoms. The second-order valence-corrected chi connectivity index (χ2v) is 3.99. The lowest BCUT2D eigenvalue weighted by Gasteiger charge is -1.99. The Kier molecular flexibility index (Phi) is 4.05. The van der Waals surface area contributed by atoms with E-state index in [1.807, 2.05) is 45.2 Å². The highest BCUT2D eigenvalue weighted by Crippen LogP contribution is 2.03. The quantitative estimate of drug-likeness (QED) is 0.300. The summed E-state index contributed by atoms with van der Waals surface area (Å²) in [7, 11) is 7.61. The van der Waals surface area contributed by atoms with Crippen molar-refractivity contribution in [2.24, 2.45) is 0 Å². The summed E-state index contributed by atoms with van der Waals surface area (Å²) in [5.41, 5.74) is 0.718. The zero-order valence-electron chi connectivity index (χ0n) is 10.3. The molecule has 0 aliphatic carbocycles. The largest absolute Gasteiger partial charge is 0.491 e. The summed E-state index contributed by atoms with van der Waals surface area (Å²) < 4.78 is 3.22. The van der Waals surface area contributed by atoms with E-state index in [0.29, 0.717) is 0 Å². The fourth-order valence-electron chi connectivity index (χ4n) is 1.19. The second kappa shape index (κ2) is 5.30. The van der Waals surface area contributed by atoms with E-state index >= 15 is 0 Å². The Balaban J connectivity index is 3.14. The van der Waals surface area contributed by atoms with Crippen molar-refractivity contribution in [3.05, 3.63) is 22.6 Å². The fourth-order valence-corrected chi connectivity index (χ4v) is 1.19. The maximum absolute atomic E-state index is 10.5. The summed E-state index contributed by atoms with van der Waals surface area (Å²) in [6.07, 6.45) is 5.01. The van der Waals surface area contributed by atoms with E-state index in [1.54, 1.807) is 0 Å². The molecule has 1 heterocycles. The van der Waals surface area contributed by atoms with Gasteiger partial charge in [0, 0.05) is 5.10 Å². The highest BCUT2D eigenvalue weighted by molar-refractivity contribution is 5.98. The molecule has 0 fully saturated rings. The van der Waals surface area contributed by atoms with E-state index in [-0.39, 0.29) is 0 Å². The van der Waals surface area contributed by atoms with Gasteiger partial charge < -0.3 is 15.0 Å². The minimum Gasteiger partial charge on any atom is -0.390 e. The fraction of sp³-hybridized carbons (Fsp3) is 0.444. The van der Waals surface area contributed by atoms with Gasteiger partial charge in [-0.25, -0.2) is 4.58 Å². The molecule has 0 aliphatic rings. The number of allylic oxidation sites excluding steroid dienone is 1. The standard InChI is InChI=1S/C9H15N6O2/c1-12(2)5-8(6-13(3)4)14-7-10-9(11-14)15(16)17/h5-7H,1-4H3/q+1/p+1. The smallest absolute Gasteiger partial charge is 0.390 e. The first-order chi connectivity index (χ1) is 7.90. The molecular formula is C9H16N6O2+2. The minimum atomic E-state index is -0.619. The molecule has 0 atom stereocenters. The molecule has 1 aromatic rings. The molecule has 0 spiro atoms. The first-order valence-corrected chi connectivity index (χ1v) is 4.99. The van der Waals surface area contributed by atoms with Crippen molar-refractivity contribution in [1.82, 2.24) is 14.8 Å². The molecule has 0 saturated heterocycles. The Hall–Kier alpha value is -2.09. The van der Waals surface area contributed by atoms with Gasteiger partial charge in [-0.1, -0.05) is 4.98 Å². The van der Waals surface area contributed by atoms with Crippen molar-refractivity contribution in [3.63, 3.8) is 0 Å². The van der Waals surface area contributed by atoms with E-state index in [2.05, 4.69) is 10.1 Å². The number of aromatic nitrogens is 3. The third-order valence-corrected chi connectivity index (χ3v) is 1.73. The molecule has 0 bridgehead atoms. The summed E-state index contributed by atoms with van der Waals surface area (Å²) >= 11 is 0. The van der Waals surface area contributed by atoms with Crippen molar-refractivity contribution in [3.8, 4) is 0 Å². The molecular weight excluding hydrogens is 224 g/mol.